The second-order valence-corrected chi connectivity index (χ2v) is 25.7. The van der Waals surface area contributed by atoms with Gasteiger partial charge in [-0.05, 0) is 113 Å². The van der Waals surface area contributed by atoms with Gasteiger partial charge >= 0.3 is 35.5 Å². The molecule has 2 spiro atoms. The first-order chi connectivity index (χ1) is 41.6. The fourth-order valence-corrected chi connectivity index (χ4v) is 11.9. The quantitative estimate of drug-likeness (QED) is 0.0965. The van der Waals surface area contributed by atoms with Crippen molar-refractivity contribution in [3.63, 3.8) is 0 Å². The fourth-order valence-electron chi connectivity index (χ4n) is 11.9. The Morgan fingerprint density at radius 3 is 1.49 bits per heavy atom. The van der Waals surface area contributed by atoms with Gasteiger partial charge < -0.3 is 68.9 Å². The zero-order valence-electron chi connectivity index (χ0n) is 52.7. The van der Waals surface area contributed by atoms with Crippen molar-refractivity contribution in [3.8, 4) is 0 Å². The molecule has 2 amide bonds. The Kier molecular flexibility index (Phi) is 21.2. The van der Waals surface area contributed by atoms with E-state index in [4.69, 9.17) is 37.9 Å². The van der Waals surface area contributed by atoms with E-state index in [0.29, 0.717) is 76.4 Å². The zero-order valence-corrected chi connectivity index (χ0v) is 54.7. The molecule has 8 aliphatic rings. The van der Waals surface area contributed by atoms with Crippen molar-refractivity contribution in [2.75, 3.05) is 26.4 Å². The van der Waals surface area contributed by atoms with Crippen LogP contribution in [0.3, 0.4) is 0 Å². The molecule has 0 aromatic heterocycles. The standard InChI is InChI=1S/C34H47N3O10.C18H20O5.C15H14O3.Na/c1-19(2)35-25(32(43)37-26(11-13-27(38)39)31(42)36-20(3)4)12-14-28(40)44-17-21-18-45-34(46-21)24-10-8-7-9-22(24)29-23(30(34)41)15-16-33(5,6)47-29;1-17(2)8-7-13-15(23-17)12-5-3-4-6-14(12)18(16(13)20)21-10-11(9-19)22-18;1-15(2)8-7-11-13(17)12(16)9-5-3-4-6-10(9)14(11)18-15;/h7-10,19-21,25-26,35H,11-18H2,1-6H3,(H,36,42)(H,37,43)(H,38,39);3-6,11,19H,7-10H2,1-2H3;3-6H,7-8H2,1-2H3;/q;;;+1/p-1. The minimum Gasteiger partial charge on any atom is -0.550 e. The number of amides is 2. The first-order valence-electron chi connectivity index (χ1n) is 30.3. The number of carbonyl (C=O) groups is 8. The smallest absolute Gasteiger partial charge is 0.550 e. The van der Waals surface area contributed by atoms with E-state index in [2.05, 4.69) is 16.0 Å². The first-order valence-corrected chi connectivity index (χ1v) is 30.3. The molecule has 3 aromatic carbocycles. The topological polar surface area (TPSA) is 290 Å². The molecule has 89 heavy (non-hydrogen) atoms. The number of hydrogen-bond donors (Lipinski definition) is 4. The summed E-state index contributed by atoms with van der Waals surface area (Å²) in [5, 5.41) is 28.8. The number of carboxylic acid groups (broad SMARTS) is 1. The third-order valence-electron chi connectivity index (χ3n) is 16.4. The second-order valence-electron chi connectivity index (χ2n) is 25.7. The van der Waals surface area contributed by atoms with Crippen LogP contribution in [-0.4, -0.2) is 132 Å². The van der Waals surface area contributed by atoms with Crippen LogP contribution in [-0.2, 0) is 83.0 Å². The molecule has 22 heteroatoms. The number of aliphatic carboxylic acids is 1. The van der Waals surface area contributed by atoms with Gasteiger partial charge in [-0.3, -0.25) is 33.6 Å². The Morgan fingerprint density at radius 1 is 0.573 bits per heavy atom. The van der Waals surface area contributed by atoms with Crippen molar-refractivity contribution >= 4 is 64.2 Å². The van der Waals surface area contributed by atoms with Crippen molar-refractivity contribution in [2.24, 2.45) is 0 Å². The summed E-state index contributed by atoms with van der Waals surface area (Å²) in [5.41, 5.74) is 4.67. The second kappa shape index (κ2) is 27.6. The summed E-state index contributed by atoms with van der Waals surface area (Å²) in [6, 6.07) is 19.7. The Labute approximate surface area is 540 Å². The van der Waals surface area contributed by atoms with Gasteiger partial charge in [0.2, 0.25) is 34.9 Å². The number of aliphatic hydroxyl groups excluding tert-OH is 1. The summed E-state index contributed by atoms with van der Waals surface area (Å²) in [6.07, 6.45) is 2.09. The molecular weight excluding hydrogens is 1160 g/mol. The molecule has 472 valence electrons. The van der Waals surface area contributed by atoms with Crippen LogP contribution in [0.5, 0.6) is 0 Å². The van der Waals surface area contributed by atoms with Crippen LogP contribution in [0.15, 0.2) is 89.5 Å². The van der Waals surface area contributed by atoms with E-state index in [1.807, 2.05) is 104 Å². The summed E-state index contributed by atoms with van der Waals surface area (Å²) in [7, 11) is 0. The summed E-state index contributed by atoms with van der Waals surface area (Å²) < 4.78 is 47.8. The SMILES string of the molecule is CC(C)NC(=O)C(CCC(=O)[O-])NC(=O)C(CCC(=O)OCC1COC2(O1)C(=O)C1=C(OC(C)(C)CC1)c1ccccc12)NC(C)C.CC1(C)CCC2=C(O1)c1ccccc1C(=O)C2=O.CC1(C)CCC2=C(O1)c1ccccc1C1(OCC(CO)O1)C2=O.[Na+]. The molecule has 0 saturated carbocycles. The average Bonchev–Trinajstić information content (AvgIpc) is 1.73. The minimum atomic E-state index is -1.66. The van der Waals surface area contributed by atoms with Gasteiger partial charge in [-0.1, -0.05) is 86.6 Å². The third-order valence-corrected chi connectivity index (χ3v) is 16.4. The van der Waals surface area contributed by atoms with Crippen molar-refractivity contribution in [3.05, 3.63) is 123 Å². The van der Waals surface area contributed by atoms with Crippen LogP contribution in [0.1, 0.15) is 172 Å². The molecule has 21 nitrogen and oxygen atoms in total. The molecule has 0 bridgehead atoms. The van der Waals surface area contributed by atoms with E-state index >= 15 is 0 Å². The van der Waals surface area contributed by atoms with Gasteiger partial charge in [0.15, 0.2) is 0 Å². The van der Waals surface area contributed by atoms with Crippen LogP contribution in [0.4, 0.5) is 0 Å². The van der Waals surface area contributed by atoms with Gasteiger partial charge in [0.25, 0.3) is 11.6 Å². The summed E-state index contributed by atoms with van der Waals surface area (Å²) >= 11 is 0. The average molecular weight is 1240 g/mol. The van der Waals surface area contributed by atoms with Crippen LogP contribution in [0.2, 0.25) is 0 Å². The largest absolute Gasteiger partial charge is 1.00 e. The monoisotopic (exact) mass is 1240 g/mol. The number of hydrogen-bond acceptors (Lipinski definition) is 19. The number of Topliss-reactive ketones (excluding diaryl/α,β-unsaturated/α-hetero) is 4. The number of carbonyl (C=O) groups excluding carboxylic acids is 8. The number of carboxylic acids is 1. The summed E-state index contributed by atoms with van der Waals surface area (Å²) in [6.45, 7) is 19.1. The number of aliphatic hydroxyl groups is 1. The number of ketones is 4. The predicted molar refractivity (Wildman–Crippen MR) is 316 cm³/mol. The van der Waals surface area contributed by atoms with E-state index < -0.39 is 83.2 Å². The minimum absolute atomic E-state index is 0. The van der Waals surface area contributed by atoms with Crippen molar-refractivity contribution < 1.29 is 116 Å². The number of benzene rings is 3. The molecule has 3 aromatic rings. The Morgan fingerprint density at radius 2 is 1.01 bits per heavy atom. The number of allylic oxidation sites excluding steroid dienone is 1. The molecule has 11 rings (SSSR count). The summed E-state index contributed by atoms with van der Waals surface area (Å²) in [5.74, 6) is -5.62. The molecule has 2 saturated heterocycles. The molecule has 5 heterocycles. The number of ether oxygens (including phenoxy) is 8. The predicted octanol–water partition coefficient (Wildman–Crippen LogP) is 3.25. The van der Waals surface area contributed by atoms with Crippen molar-refractivity contribution in [1.82, 2.24) is 16.0 Å². The molecular formula is C67H80N3NaO18. The molecule has 3 aliphatic carbocycles. The fraction of sp³-hybridized carbons (Fsp3) is 0.522. The van der Waals surface area contributed by atoms with Crippen molar-refractivity contribution in [1.29, 1.82) is 0 Å². The van der Waals surface area contributed by atoms with E-state index in [9.17, 15) is 48.6 Å². The number of rotatable bonds is 15. The van der Waals surface area contributed by atoms with Crippen LogP contribution in [0, 0.1) is 0 Å². The molecule has 0 radical (unpaired) electrons. The van der Waals surface area contributed by atoms with Gasteiger partial charge in [0, 0.05) is 74.6 Å². The van der Waals surface area contributed by atoms with Crippen LogP contribution in [0.25, 0.3) is 17.3 Å². The van der Waals surface area contributed by atoms with Gasteiger partial charge in [-0.2, -0.15) is 0 Å². The first kappa shape index (κ1) is 68.5. The van der Waals surface area contributed by atoms with Crippen molar-refractivity contribution in [2.45, 2.75) is 198 Å². The molecule has 2 fully saturated rings. The normalized spacial score (nSPS) is 24.5. The summed E-state index contributed by atoms with van der Waals surface area (Å²) in [4.78, 5) is 101. The van der Waals surface area contributed by atoms with E-state index in [0.717, 1.165) is 29.5 Å². The number of nitrogens with one attached hydrogen (secondary N) is 3. The maximum absolute atomic E-state index is 13.8. The molecule has 4 N–H and O–H groups in total. The Hall–Kier alpha value is -6.40. The maximum Gasteiger partial charge on any atom is 1.00 e. The van der Waals surface area contributed by atoms with Gasteiger partial charge in [0.05, 0.1) is 25.9 Å². The number of fused-ring (bicyclic) bond motifs is 8. The van der Waals surface area contributed by atoms with Crippen LogP contribution >= 0.6 is 0 Å². The van der Waals surface area contributed by atoms with Gasteiger partial charge in [0.1, 0.15) is 58.9 Å². The van der Waals surface area contributed by atoms with Gasteiger partial charge in [-0.15, -0.1) is 0 Å². The zero-order chi connectivity index (χ0) is 63.7. The number of esters is 1. The Balaban J connectivity index is 0.000000199. The van der Waals surface area contributed by atoms with E-state index in [-0.39, 0.29) is 110 Å². The third kappa shape index (κ3) is 14.8. The molecule has 6 unspecified atom stereocenters. The van der Waals surface area contributed by atoms with E-state index in [1.54, 1.807) is 38.1 Å². The maximum atomic E-state index is 13.8. The van der Waals surface area contributed by atoms with Gasteiger partial charge in [-0.25, -0.2) is 0 Å². The van der Waals surface area contributed by atoms with E-state index in [1.165, 1.54) is 0 Å². The van der Waals surface area contributed by atoms with Crippen LogP contribution < -0.4 is 50.6 Å². The Bertz CT molecular complexity index is 3380. The molecule has 5 aliphatic heterocycles. The molecule has 6 atom stereocenters.